The average Bonchev–Trinajstić information content (AvgIpc) is 2.96. The second kappa shape index (κ2) is 6.14. The highest BCUT2D eigenvalue weighted by Gasteiger charge is 2.19. The molecule has 0 aromatic carbocycles. The van der Waals surface area contributed by atoms with Gasteiger partial charge in [0.15, 0.2) is 5.78 Å². The monoisotopic (exact) mass is 250 g/mol. The molecule has 0 radical (unpaired) electrons. The van der Waals surface area contributed by atoms with E-state index in [1.807, 2.05) is 13.1 Å². The number of hydrogen-bond donors (Lipinski definition) is 0. The van der Waals surface area contributed by atoms with Gasteiger partial charge >= 0.3 is 0 Å². The molecule has 1 unspecified atom stereocenters. The highest BCUT2D eigenvalue weighted by Crippen LogP contribution is 2.19. The van der Waals surface area contributed by atoms with Crippen molar-refractivity contribution in [2.45, 2.75) is 39.0 Å². The van der Waals surface area contributed by atoms with Gasteiger partial charge in [0, 0.05) is 26.7 Å². The van der Waals surface area contributed by atoms with E-state index in [2.05, 4.69) is 12.0 Å². The zero-order valence-electron chi connectivity index (χ0n) is 11.3. The third-order valence-electron chi connectivity index (χ3n) is 3.53. The zero-order valence-corrected chi connectivity index (χ0v) is 11.3. The summed E-state index contributed by atoms with van der Waals surface area (Å²) in [6.45, 7) is 3.79. The van der Waals surface area contributed by atoms with Crippen molar-refractivity contribution in [3.05, 3.63) is 17.5 Å². The van der Waals surface area contributed by atoms with E-state index in [0.717, 1.165) is 50.3 Å². The lowest BCUT2D eigenvalue weighted by Crippen LogP contribution is -2.09. The van der Waals surface area contributed by atoms with Crippen LogP contribution in [0.3, 0.4) is 0 Å². The van der Waals surface area contributed by atoms with Crippen LogP contribution >= 0.6 is 0 Å². The molecule has 2 rings (SSSR count). The molecule has 2 heterocycles. The van der Waals surface area contributed by atoms with E-state index in [4.69, 9.17) is 4.74 Å². The van der Waals surface area contributed by atoms with Gasteiger partial charge in [0.05, 0.1) is 5.69 Å². The first kappa shape index (κ1) is 13.3. The Bertz CT molecular complexity index is 406. The maximum atomic E-state index is 12.1. The van der Waals surface area contributed by atoms with Gasteiger partial charge in [-0.25, -0.2) is 0 Å². The van der Waals surface area contributed by atoms with Gasteiger partial charge in [0.1, 0.15) is 5.69 Å². The normalized spacial score (nSPS) is 19.3. The van der Waals surface area contributed by atoms with Crippen molar-refractivity contribution in [2.75, 3.05) is 13.2 Å². The van der Waals surface area contributed by atoms with Gasteiger partial charge in [-0.05, 0) is 31.2 Å². The number of ketones is 1. The van der Waals surface area contributed by atoms with Crippen LogP contribution in [-0.2, 0) is 18.2 Å². The Labute approximate surface area is 108 Å². The van der Waals surface area contributed by atoms with Crippen molar-refractivity contribution in [3.63, 3.8) is 0 Å². The lowest BCUT2D eigenvalue weighted by Gasteiger charge is -2.06. The summed E-state index contributed by atoms with van der Waals surface area (Å²) in [5.41, 5.74) is 1.77. The van der Waals surface area contributed by atoms with Crippen molar-refractivity contribution in [3.8, 4) is 0 Å². The van der Waals surface area contributed by atoms with E-state index < -0.39 is 0 Å². The first-order valence-electron chi connectivity index (χ1n) is 6.84. The summed E-state index contributed by atoms with van der Waals surface area (Å²) in [7, 11) is 1.85. The van der Waals surface area contributed by atoms with Gasteiger partial charge in [-0.2, -0.15) is 5.10 Å². The Morgan fingerprint density at radius 1 is 1.61 bits per heavy atom. The summed E-state index contributed by atoms with van der Waals surface area (Å²) in [4.78, 5) is 12.1. The number of nitrogens with zero attached hydrogens (tertiary/aromatic N) is 2. The Morgan fingerprint density at radius 3 is 3.11 bits per heavy atom. The lowest BCUT2D eigenvalue weighted by atomic mass is 10.00. The van der Waals surface area contributed by atoms with Crippen LogP contribution in [0.25, 0.3) is 0 Å². The summed E-state index contributed by atoms with van der Waals surface area (Å²) in [5.74, 6) is 0.775. The maximum Gasteiger partial charge on any atom is 0.180 e. The molecular formula is C14H22N2O2. The fourth-order valence-electron chi connectivity index (χ4n) is 2.44. The largest absolute Gasteiger partial charge is 0.381 e. The summed E-state index contributed by atoms with van der Waals surface area (Å²) in [5, 5.41) is 4.37. The third-order valence-corrected chi connectivity index (χ3v) is 3.53. The van der Waals surface area contributed by atoms with Gasteiger partial charge in [-0.15, -0.1) is 0 Å². The van der Waals surface area contributed by atoms with E-state index >= 15 is 0 Å². The number of aromatic nitrogens is 2. The molecule has 1 aliphatic rings. The number of ether oxygens (including phenoxy) is 1. The number of aryl methyl sites for hydroxylation is 2. The molecule has 0 aliphatic carbocycles. The number of rotatable bonds is 6. The van der Waals surface area contributed by atoms with Crippen molar-refractivity contribution in [2.24, 2.45) is 13.0 Å². The topological polar surface area (TPSA) is 44.1 Å². The Morgan fingerprint density at radius 2 is 2.44 bits per heavy atom. The summed E-state index contributed by atoms with van der Waals surface area (Å²) in [6, 6.07) is 1.94. The smallest absolute Gasteiger partial charge is 0.180 e. The predicted molar refractivity (Wildman–Crippen MR) is 69.7 cm³/mol. The fraction of sp³-hybridized carbons (Fsp3) is 0.714. The standard InChI is InChI=1S/C14H22N2O2/c1-3-4-12-9-13(16(2)15-12)14(17)6-5-11-7-8-18-10-11/h9,11H,3-8,10H2,1-2H3. The molecule has 4 nitrogen and oxygen atoms in total. The molecule has 1 atom stereocenters. The predicted octanol–water partition coefficient (Wildman–Crippen LogP) is 2.37. The van der Waals surface area contributed by atoms with E-state index in [0.29, 0.717) is 12.3 Å². The minimum absolute atomic E-state index is 0.208. The van der Waals surface area contributed by atoms with E-state index in [1.165, 1.54) is 0 Å². The number of carbonyl (C=O) groups excluding carboxylic acids is 1. The molecule has 18 heavy (non-hydrogen) atoms. The SMILES string of the molecule is CCCc1cc(C(=O)CCC2CCOC2)n(C)n1. The molecule has 100 valence electrons. The lowest BCUT2D eigenvalue weighted by molar-refractivity contribution is 0.0962. The number of hydrogen-bond acceptors (Lipinski definition) is 3. The molecule has 1 saturated heterocycles. The van der Waals surface area contributed by atoms with E-state index in [1.54, 1.807) is 4.68 Å². The third kappa shape index (κ3) is 3.19. The Hall–Kier alpha value is -1.16. The summed E-state index contributed by atoms with van der Waals surface area (Å²) >= 11 is 0. The van der Waals surface area contributed by atoms with Crippen LogP contribution in [0.2, 0.25) is 0 Å². The van der Waals surface area contributed by atoms with Crippen LogP contribution < -0.4 is 0 Å². The minimum Gasteiger partial charge on any atom is -0.381 e. The van der Waals surface area contributed by atoms with Crippen LogP contribution in [-0.4, -0.2) is 28.8 Å². The summed E-state index contributed by atoms with van der Waals surface area (Å²) in [6.07, 6.45) is 4.65. The second-order valence-electron chi connectivity index (χ2n) is 5.09. The van der Waals surface area contributed by atoms with Crippen LogP contribution in [0.4, 0.5) is 0 Å². The number of carbonyl (C=O) groups is 1. The van der Waals surface area contributed by atoms with Crippen molar-refractivity contribution < 1.29 is 9.53 Å². The van der Waals surface area contributed by atoms with Gasteiger partial charge in [-0.3, -0.25) is 9.48 Å². The molecule has 0 spiro atoms. The molecule has 1 aliphatic heterocycles. The minimum atomic E-state index is 0.208. The van der Waals surface area contributed by atoms with Crippen molar-refractivity contribution >= 4 is 5.78 Å². The molecule has 1 fully saturated rings. The van der Waals surface area contributed by atoms with Crippen molar-refractivity contribution in [1.82, 2.24) is 9.78 Å². The van der Waals surface area contributed by atoms with Crippen LogP contribution in [0.15, 0.2) is 6.07 Å². The first-order chi connectivity index (χ1) is 8.70. The van der Waals surface area contributed by atoms with Gasteiger partial charge in [0.25, 0.3) is 0 Å². The number of Topliss-reactive ketones (excluding diaryl/α,β-unsaturated/α-hetero) is 1. The Kier molecular flexibility index (Phi) is 4.53. The highest BCUT2D eigenvalue weighted by atomic mass is 16.5. The van der Waals surface area contributed by atoms with Crippen LogP contribution in [0, 0.1) is 5.92 Å². The molecule has 0 bridgehead atoms. The quantitative estimate of drug-likeness (QED) is 0.728. The van der Waals surface area contributed by atoms with Gasteiger partial charge < -0.3 is 4.74 Å². The van der Waals surface area contributed by atoms with Crippen LogP contribution in [0.5, 0.6) is 0 Å². The molecule has 1 aromatic heterocycles. The first-order valence-corrected chi connectivity index (χ1v) is 6.84. The van der Waals surface area contributed by atoms with E-state index in [9.17, 15) is 4.79 Å². The van der Waals surface area contributed by atoms with Crippen molar-refractivity contribution in [1.29, 1.82) is 0 Å². The molecule has 0 saturated carbocycles. The molecular weight excluding hydrogens is 228 g/mol. The Balaban J connectivity index is 1.91. The van der Waals surface area contributed by atoms with Gasteiger partial charge in [-0.1, -0.05) is 13.3 Å². The van der Waals surface area contributed by atoms with Crippen LogP contribution in [0.1, 0.15) is 48.8 Å². The van der Waals surface area contributed by atoms with Gasteiger partial charge in [0.2, 0.25) is 0 Å². The second-order valence-corrected chi connectivity index (χ2v) is 5.09. The maximum absolute atomic E-state index is 12.1. The molecule has 1 aromatic rings. The van der Waals surface area contributed by atoms with E-state index in [-0.39, 0.29) is 5.78 Å². The molecule has 0 amide bonds. The fourth-order valence-corrected chi connectivity index (χ4v) is 2.44. The molecule has 0 N–H and O–H groups in total. The zero-order chi connectivity index (χ0) is 13.0. The highest BCUT2D eigenvalue weighted by molar-refractivity contribution is 5.94. The average molecular weight is 250 g/mol. The summed E-state index contributed by atoms with van der Waals surface area (Å²) < 4.78 is 7.05. The molecule has 4 heteroatoms.